The Morgan fingerprint density at radius 2 is 1.58 bits per heavy atom. The van der Waals surface area contributed by atoms with Gasteiger partial charge in [-0.3, -0.25) is 9.59 Å². The van der Waals surface area contributed by atoms with Crippen molar-refractivity contribution in [1.29, 1.82) is 5.26 Å². The van der Waals surface area contributed by atoms with Gasteiger partial charge in [-0.1, -0.05) is 54.6 Å². The van der Waals surface area contributed by atoms with Crippen LogP contribution in [0.5, 0.6) is 11.5 Å². The van der Waals surface area contributed by atoms with E-state index in [1.807, 2.05) is 60.7 Å². The van der Waals surface area contributed by atoms with Crippen LogP contribution in [0.25, 0.3) is 16.8 Å². The molecule has 2 amide bonds. The number of ether oxygens (including phenoxy) is 2. The van der Waals surface area contributed by atoms with E-state index >= 15 is 0 Å². The predicted octanol–water partition coefficient (Wildman–Crippen LogP) is 5.41. The number of anilines is 2. The quantitative estimate of drug-likeness (QED) is 0.261. The summed E-state index contributed by atoms with van der Waals surface area (Å²) in [6.07, 6.45) is 1.46. The Morgan fingerprint density at radius 3 is 2.33 bits per heavy atom. The zero-order valence-electron chi connectivity index (χ0n) is 19.5. The second-order valence-electron chi connectivity index (χ2n) is 7.80. The van der Waals surface area contributed by atoms with Crippen LogP contribution in [0, 0.1) is 11.3 Å². The van der Waals surface area contributed by atoms with Crippen molar-refractivity contribution in [3.05, 3.63) is 102 Å². The molecule has 0 aromatic heterocycles. The third-order valence-electron chi connectivity index (χ3n) is 5.29. The molecule has 7 heteroatoms. The molecular formula is C29H23N3O4. The molecule has 0 aliphatic heterocycles. The Balaban J connectivity index is 1.44. The molecule has 4 aromatic rings. The Bertz CT molecular complexity index is 1470. The minimum absolute atomic E-state index is 0.0684. The van der Waals surface area contributed by atoms with Crippen molar-refractivity contribution in [2.45, 2.75) is 0 Å². The van der Waals surface area contributed by atoms with E-state index in [9.17, 15) is 14.9 Å². The first-order valence-electron chi connectivity index (χ1n) is 11.1. The zero-order valence-corrected chi connectivity index (χ0v) is 19.5. The highest BCUT2D eigenvalue weighted by molar-refractivity contribution is 6.10. The van der Waals surface area contributed by atoms with E-state index in [4.69, 9.17) is 9.47 Å². The fourth-order valence-corrected chi connectivity index (χ4v) is 3.54. The fourth-order valence-electron chi connectivity index (χ4n) is 3.54. The standard InChI is InChI=1S/C29H23N3O4/c1-35-27-16-20(11-14-26(27)36-19-28(33)31-24-9-3-2-4-10-24)15-23(18-30)29(34)32-25-13-12-21-7-5-6-8-22(21)17-25/h2-17H,19H2,1H3,(H,31,33)(H,32,34). The summed E-state index contributed by atoms with van der Waals surface area (Å²) in [5.74, 6) is -0.116. The molecule has 0 heterocycles. The summed E-state index contributed by atoms with van der Waals surface area (Å²) in [4.78, 5) is 24.9. The lowest BCUT2D eigenvalue weighted by Crippen LogP contribution is -2.20. The van der Waals surface area contributed by atoms with E-state index < -0.39 is 5.91 Å². The van der Waals surface area contributed by atoms with Crippen molar-refractivity contribution >= 4 is 40.0 Å². The Hall–Kier alpha value is -5.09. The maximum absolute atomic E-state index is 12.7. The van der Waals surface area contributed by atoms with E-state index in [2.05, 4.69) is 10.6 Å². The number of fused-ring (bicyclic) bond motifs is 1. The molecular weight excluding hydrogens is 454 g/mol. The zero-order chi connectivity index (χ0) is 25.3. The third kappa shape index (κ3) is 6.07. The number of carbonyl (C=O) groups is 2. The van der Waals surface area contributed by atoms with Crippen LogP contribution >= 0.6 is 0 Å². The molecule has 0 spiro atoms. The van der Waals surface area contributed by atoms with Crippen LogP contribution in [-0.2, 0) is 9.59 Å². The van der Waals surface area contributed by atoms with Gasteiger partial charge < -0.3 is 20.1 Å². The van der Waals surface area contributed by atoms with Crippen molar-refractivity contribution < 1.29 is 19.1 Å². The van der Waals surface area contributed by atoms with Crippen LogP contribution in [0.4, 0.5) is 11.4 Å². The maximum Gasteiger partial charge on any atom is 0.266 e. The van der Waals surface area contributed by atoms with Crippen LogP contribution in [0.3, 0.4) is 0 Å². The second kappa shape index (κ2) is 11.4. The highest BCUT2D eigenvalue weighted by atomic mass is 16.5. The van der Waals surface area contributed by atoms with Gasteiger partial charge in [-0.15, -0.1) is 0 Å². The van der Waals surface area contributed by atoms with E-state index in [0.29, 0.717) is 28.4 Å². The molecule has 178 valence electrons. The second-order valence-corrected chi connectivity index (χ2v) is 7.80. The number of nitrogens with zero attached hydrogens (tertiary/aromatic N) is 1. The van der Waals surface area contributed by atoms with Gasteiger partial charge in [0.15, 0.2) is 18.1 Å². The maximum atomic E-state index is 12.7. The summed E-state index contributed by atoms with van der Waals surface area (Å²) in [6.45, 7) is -0.210. The highest BCUT2D eigenvalue weighted by Gasteiger charge is 2.12. The van der Waals surface area contributed by atoms with Crippen molar-refractivity contribution in [2.75, 3.05) is 24.4 Å². The first kappa shape index (κ1) is 24.0. The number of amides is 2. The molecule has 4 aromatic carbocycles. The third-order valence-corrected chi connectivity index (χ3v) is 5.29. The van der Waals surface area contributed by atoms with Gasteiger partial charge in [-0.25, -0.2) is 0 Å². The summed E-state index contributed by atoms with van der Waals surface area (Å²) in [6, 6.07) is 29.3. The van der Waals surface area contributed by atoms with Gasteiger partial charge in [-0.05, 0) is 58.8 Å². The van der Waals surface area contributed by atoms with Crippen LogP contribution in [0.1, 0.15) is 5.56 Å². The number of methoxy groups -OCH3 is 1. The van der Waals surface area contributed by atoms with Gasteiger partial charge in [0.1, 0.15) is 11.6 Å². The molecule has 0 saturated carbocycles. The molecule has 0 radical (unpaired) electrons. The number of hydrogen-bond donors (Lipinski definition) is 2. The smallest absolute Gasteiger partial charge is 0.266 e. The average Bonchev–Trinajstić information content (AvgIpc) is 2.91. The van der Waals surface area contributed by atoms with Crippen molar-refractivity contribution in [1.82, 2.24) is 0 Å². The molecule has 0 aliphatic carbocycles. The number of nitriles is 1. The lowest BCUT2D eigenvalue weighted by atomic mass is 10.1. The van der Waals surface area contributed by atoms with Gasteiger partial charge in [0, 0.05) is 11.4 Å². The number of benzene rings is 4. The molecule has 4 rings (SSSR count). The number of hydrogen-bond acceptors (Lipinski definition) is 5. The molecule has 0 fully saturated rings. The predicted molar refractivity (Wildman–Crippen MR) is 140 cm³/mol. The number of para-hydroxylation sites is 1. The van der Waals surface area contributed by atoms with Crippen LogP contribution in [0.15, 0.2) is 96.6 Å². The molecule has 0 atom stereocenters. The van der Waals surface area contributed by atoms with Crippen molar-refractivity contribution in [3.8, 4) is 17.6 Å². The van der Waals surface area contributed by atoms with Crippen LogP contribution in [-0.4, -0.2) is 25.5 Å². The van der Waals surface area contributed by atoms with Gasteiger partial charge in [0.25, 0.3) is 11.8 Å². The molecule has 7 nitrogen and oxygen atoms in total. The van der Waals surface area contributed by atoms with Crippen molar-refractivity contribution in [3.63, 3.8) is 0 Å². The highest BCUT2D eigenvalue weighted by Crippen LogP contribution is 2.29. The minimum Gasteiger partial charge on any atom is -0.493 e. The molecule has 0 bridgehead atoms. The monoisotopic (exact) mass is 477 g/mol. The Kier molecular flexibility index (Phi) is 7.59. The van der Waals surface area contributed by atoms with E-state index in [1.54, 1.807) is 36.4 Å². The van der Waals surface area contributed by atoms with Crippen LogP contribution < -0.4 is 20.1 Å². The van der Waals surface area contributed by atoms with Gasteiger partial charge in [0.05, 0.1) is 7.11 Å². The molecule has 36 heavy (non-hydrogen) atoms. The largest absolute Gasteiger partial charge is 0.493 e. The fraction of sp³-hybridized carbons (Fsp3) is 0.0690. The Labute approximate surface area is 208 Å². The van der Waals surface area contributed by atoms with Crippen LogP contribution in [0.2, 0.25) is 0 Å². The summed E-state index contributed by atoms with van der Waals surface area (Å²) >= 11 is 0. The average molecular weight is 478 g/mol. The summed E-state index contributed by atoms with van der Waals surface area (Å²) < 4.78 is 11.0. The normalized spacial score (nSPS) is 10.8. The van der Waals surface area contributed by atoms with Crippen molar-refractivity contribution in [2.24, 2.45) is 0 Å². The minimum atomic E-state index is -0.523. The van der Waals surface area contributed by atoms with Gasteiger partial charge in [-0.2, -0.15) is 5.26 Å². The number of rotatable bonds is 8. The van der Waals surface area contributed by atoms with Gasteiger partial charge in [0.2, 0.25) is 0 Å². The summed E-state index contributed by atoms with van der Waals surface area (Å²) in [5, 5.41) is 17.1. The SMILES string of the molecule is COc1cc(C=C(C#N)C(=O)Nc2ccc3ccccc3c2)ccc1OCC(=O)Nc1ccccc1. The molecule has 0 saturated heterocycles. The Morgan fingerprint density at radius 1 is 0.833 bits per heavy atom. The molecule has 0 unspecified atom stereocenters. The first-order valence-corrected chi connectivity index (χ1v) is 11.1. The summed E-state index contributed by atoms with van der Waals surface area (Å²) in [5.41, 5.74) is 1.76. The number of carbonyl (C=O) groups excluding carboxylic acids is 2. The lowest BCUT2D eigenvalue weighted by Gasteiger charge is -2.12. The molecule has 2 N–H and O–H groups in total. The number of nitrogens with one attached hydrogen (secondary N) is 2. The lowest BCUT2D eigenvalue weighted by molar-refractivity contribution is -0.118. The van der Waals surface area contributed by atoms with Gasteiger partial charge >= 0.3 is 0 Å². The topological polar surface area (TPSA) is 100 Å². The van der Waals surface area contributed by atoms with E-state index in [0.717, 1.165) is 10.8 Å². The molecule has 0 aliphatic rings. The van der Waals surface area contributed by atoms with E-state index in [-0.39, 0.29) is 18.1 Å². The summed E-state index contributed by atoms with van der Waals surface area (Å²) in [7, 11) is 1.47. The first-order chi connectivity index (χ1) is 17.6. The van der Waals surface area contributed by atoms with E-state index in [1.165, 1.54) is 13.2 Å².